The van der Waals surface area contributed by atoms with Crippen molar-refractivity contribution in [1.82, 2.24) is 9.97 Å². The van der Waals surface area contributed by atoms with Crippen LogP contribution >= 0.6 is 0 Å². The van der Waals surface area contributed by atoms with E-state index in [0.717, 1.165) is 36.7 Å². The number of aryl methyl sites for hydroxylation is 1. The normalized spacial score (nSPS) is 18.6. The number of hydrogen-bond donors (Lipinski definition) is 0. The molecular weight excluding hydrogens is 254 g/mol. The van der Waals surface area contributed by atoms with Gasteiger partial charge in [0.05, 0.1) is 6.61 Å². The molecule has 0 radical (unpaired) electrons. The molecule has 5 nitrogen and oxygen atoms in total. The third-order valence-electron chi connectivity index (χ3n) is 3.48. The van der Waals surface area contributed by atoms with Crippen LogP contribution in [0.25, 0.3) is 0 Å². The number of carbonyl (C=O) groups is 1. The molecule has 1 aromatic heterocycles. The van der Waals surface area contributed by atoms with Gasteiger partial charge < -0.3 is 9.64 Å². The molecule has 110 valence electrons. The fourth-order valence-electron chi connectivity index (χ4n) is 2.50. The van der Waals surface area contributed by atoms with Crippen molar-refractivity contribution >= 4 is 11.8 Å². The first kappa shape index (κ1) is 14.8. The van der Waals surface area contributed by atoms with Crippen molar-refractivity contribution in [1.29, 1.82) is 0 Å². The number of ether oxygens (including phenoxy) is 1. The van der Waals surface area contributed by atoms with Gasteiger partial charge in [-0.15, -0.1) is 0 Å². The molecule has 1 aliphatic heterocycles. The number of esters is 1. The van der Waals surface area contributed by atoms with Crippen molar-refractivity contribution < 1.29 is 9.53 Å². The summed E-state index contributed by atoms with van der Waals surface area (Å²) in [4.78, 5) is 23.2. The van der Waals surface area contributed by atoms with Gasteiger partial charge in [0.1, 0.15) is 17.7 Å². The zero-order chi connectivity index (χ0) is 14.7. The quantitative estimate of drug-likeness (QED) is 0.791. The van der Waals surface area contributed by atoms with Crippen LogP contribution in [0, 0.1) is 6.92 Å². The predicted octanol–water partition coefficient (Wildman–Crippen LogP) is 2.44. The zero-order valence-electron chi connectivity index (χ0n) is 12.7. The van der Waals surface area contributed by atoms with Gasteiger partial charge in [-0.1, -0.05) is 13.8 Å². The molecule has 0 saturated carbocycles. The van der Waals surface area contributed by atoms with Gasteiger partial charge in [-0.05, 0) is 26.7 Å². The molecule has 0 bridgehead atoms. The van der Waals surface area contributed by atoms with Gasteiger partial charge in [0.25, 0.3) is 0 Å². The van der Waals surface area contributed by atoms with Crippen molar-refractivity contribution in [2.24, 2.45) is 0 Å². The number of nitrogens with zero attached hydrogens (tertiary/aromatic N) is 3. The van der Waals surface area contributed by atoms with Crippen molar-refractivity contribution in [3.63, 3.8) is 0 Å². The molecule has 5 heteroatoms. The highest BCUT2D eigenvalue weighted by Crippen LogP contribution is 2.26. The average Bonchev–Trinajstić information content (AvgIpc) is 2.87. The number of anilines is 1. The van der Waals surface area contributed by atoms with Crippen LogP contribution in [0.4, 0.5) is 5.82 Å². The van der Waals surface area contributed by atoms with E-state index in [1.807, 2.05) is 19.9 Å². The topological polar surface area (TPSA) is 55.3 Å². The first-order valence-electron chi connectivity index (χ1n) is 7.31. The summed E-state index contributed by atoms with van der Waals surface area (Å²) in [5.41, 5.74) is 0.938. The molecule has 0 amide bonds. The summed E-state index contributed by atoms with van der Waals surface area (Å²) in [6.07, 6.45) is 1.82. The fraction of sp³-hybridized carbons (Fsp3) is 0.667. The zero-order valence-corrected chi connectivity index (χ0v) is 12.7. The fourth-order valence-corrected chi connectivity index (χ4v) is 2.50. The first-order valence-corrected chi connectivity index (χ1v) is 7.31. The van der Waals surface area contributed by atoms with Crippen molar-refractivity contribution in [2.75, 3.05) is 18.1 Å². The van der Waals surface area contributed by atoms with E-state index in [1.165, 1.54) is 0 Å². The highest BCUT2D eigenvalue weighted by molar-refractivity contribution is 5.80. The van der Waals surface area contributed by atoms with E-state index >= 15 is 0 Å². The van der Waals surface area contributed by atoms with Crippen LogP contribution in [0.3, 0.4) is 0 Å². The number of aromatic nitrogens is 2. The van der Waals surface area contributed by atoms with E-state index in [9.17, 15) is 4.79 Å². The molecule has 1 unspecified atom stereocenters. The maximum absolute atomic E-state index is 12.0. The number of carbonyl (C=O) groups excluding carboxylic acids is 1. The molecule has 1 aliphatic rings. The summed E-state index contributed by atoms with van der Waals surface area (Å²) in [5, 5.41) is 0. The lowest BCUT2D eigenvalue weighted by Crippen LogP contribution is -2.38. The maximum Gasteiger partial charge on any atom is 0.328 e. The molecule has 2 heterocycles. The second kappa shape index (κ2) is 6.20. The van der Waals surface area contributed by atoms with Gasteiger partial charge >= 0.3 is 5.97 Å². The minimum atomic E-state index is -0.204. The van der Waals surface area contributed by atoms with Gasteiger partial charge in [0.2, 0.25) is 0 Å². The van der Waals surface area contributed by atoms with Crippen molar-refractivity contribution in [3.05, 3.63) is 17.6 Å². The summed E-state index contributed by atoms with van der Waals surface area (Å²) in [6.45, 7) is 9.22. The van der Waals surface area contributed by atoms with Crippen LogP contribution in [0.2, 0.25) is 0 Å². The number of hydrogen-bond acceptors (Lipinski definition) is 5. The van der Waals surface area contributed by atoms with Gasteiger partial charge in [-0.3, -0.25) is 0 Å². The molecule has 1 saturated heterocycles. The van der Waals surface area contributed by atoms with Gasteiger partial charge in [-0.2, -0.15) is 0 Å². The monoisotopic (exact) mass is 277 g/mol. The first-order chi connectivity index (χ1) is 9.52. The minimum Gasteiger partial charge on any atom is -0.464 e. The van der Waals surface area contributed by atoms with Crippen LogP contribution in [0.1, 0.15) is 51.0 Å². The van der Waals surface area contributed by atoms with E-state index < -0.39 is 0 Å². The molecular formula is C15H23N3O2. The molecule has 1 aromatic rings. The second-order valence-electron chi connectivity index (χ2n) is 5.48. The third kappa shape index (κ3) is 3.08. The Labute approximate surface area is 120 Å². The molecule has 20 heavy (non-hydrogen) atoms. The standard InChI is InChI=1S/C15H23N3O2/c1-5-20-15(19)12-7-6-8-18(12)13-9-11(4)16-14(17-13)10(2)3/h9-10,12H,5-8H2,1-4H3. The smallest absolute Gasteiger partial charge is 0.328 e. The Morgan fingerprint density at radius 1 is 1.50 bits per heavy atom. The predicted molar refractivity (Wildman–Crippen MR) is 77.9 cm³/mol. The number of rotatable bonds is 4. The second-order valence-corrected chi connectivity index (χ2v) is 5.48. The van der Waals surface area contributed by atoms with Gasteiger partial charge in [0, 0.05) is 24.2 Å². The van der Waals surface area contributed by atoms with E-state index in [0.29, 0.717) is 6.61 Å². The Morgan fingerprint density at radius 3 is 2.90 bits per heavy atom. The summed E-state index contributed by atoms with van der Waals surface area (Å²) >= 11 is 0. The van der Waals surface area contributed by atoms with Crippen LogP contribution in [-0.2, 0) is 9.53 Å². The Kier molecular flexibility index (Phi) is 4.57. The van der Waals surface area contributed by atoms with E-state index in [1.54, 1.807) is 0 Å². The molecule has 1 fully saturated rings. The van der Waals surface area contributed by atoms with Crippen LogP contribution in [-0.4, -0.2) is 35.1 Å². The van der Waals surface area contributed by atoms with E-state index in [2.05, 4.69) is 28.7 Å². The lowest BCUT2D eigenvalue weighted by molar-refractivity contribution is -0.144. The maximum atomic E-state index is 12.0. The van der Waals surface area contributed by atoms with Crippen molar-refractivity contribution in [2.45, 2.75) is 52.5 Å². The summed E-state index contributed by atoms with van der Waals surface area (Å²) in [6, 6.07) is 1.74. The Balaban J connectivity index is 2.27. The van der Waals surface area contributed by atoms with Crippen LogP contribution < -0.4 is 4.90 Å². The summed E-state index contributed by atoms with van der Waals surface area (Å²) < 4.78 is 5.16. The molecule has 0 spiro atoms. The Morgan fingerprint density at radius 2 is 2.25 bits per heavy atom. The van der Waals surface area contributed by atoms with Gasteiger partial charge in [-0.25, -0.2) is 14.8 Å². The lowest BCUT2D eigenvalue weighted by atomic mass is 10.2. The summed E-state index contributed by atoms with van der Waals surface area (Å²) in [5.74, 6) is 1.80. The van der Waals surface area contributed by atoms with Gasteiger partial charge in [0.15, 0.2) is 0 Å². The minimum absolute atomic E-state index is 0.146. The molecule has 0 aromatic carbocycles. The summed E-state index contributed by atoms with van der Waals surface area (Å²) in [7, 11) is 0. The Hall–Kier alpha value is -1.65. The average molecular weight is 277 g/mol. The highest BCUT2D eigenvalue weighted by atomic mass is 16.5. The SMILES string of the molecule is CCOC(=O)C1CCCN1c1cc(C)nc(C(C)C)n1. The van der Waals surface area contributed by atoms with E-state index in [4.69, 9.17) is 4.74 Å². The molecule has 0 N–H and O–H groups in total. The molecule has 0 aliphatic carbocycles. The molecule has 1 atom stereocenters. The lowest BCUT2D eigenvalue weighted by Gasteiger charge is -2.25. The largest absolute Gasteiger partial charge is 0.464 e. The molecule has 2 rings (SSSR count). The Bertz CT molecular complexity index is 488. The van der Waals surface area contributed by atoms with Crippen LogP contribution in [0.5, 0.6) is 0 Å². The highest BCUT2D eigenvalue weighted by Gasteiger charge is 2.33. The van der Waals surface area contributed by atoms with Crippen LogP contribution in [0.15, 0.2) is 6.07 Å². The van der Waals surface area contributed by atoms with E-state index in [-0.39, 0.29) is 17.9 Å². The van der Waals surface area contributed by atoms with Crippen molar-refractivity contribution in [3.8, 4) is 0 Å². The third-order valence-corrected chi connectivity index (χ3v) is 3.48.